The second-order valence-electron chi connectivity index (χ2n) is 4.67. The quantitative estimate of drug-likeness (QED) is 0.909. The second-order valence-corrected chi connectivity index (χ2v) is 4.67. The van der Waals surface area contributed by atoms with E-state index in [0.29, 0.717) is 12.1 Å². The first-order chi connectivity index (χ1) is 9.56. The summed E-state index contributed by atoms with van der Waals surface area (Å²) < 4.78 is 13.6. The highest BCUT2D eigenvalue weighted by molar-refractivity contribution is 5.73. The topological polar surface area (TPSA) is 40.5 Å². The molecule has 104 valence electrons. The van der Waals surface area contributed by atoms with E-state index in [1.165, 1.54) is 6.07 Å². The number of nitrogens with zero attached hydrogens (tertiary/aromatic N) is 1. The molecular weight excluding hydrogens is 257 g/mol. The number of benzene rings is 2. The zero-order valence-electron chi connectivity index (χ0n) is 11.2. The Balaban J connectivity index is 2.23. The molecule has 0 saturated heterocycles. The third kappa shape index (κ3) is 3.57. The van der Waals surface area contributed by atoms with E-state index < -0.39 is 5.97 Å². The van der Waals surface area contributed by atoms with Crippen molar-refractivity contribution in [3.63, 3.8) is 0 Å². The number of carboxylic acid groups (broad SMARTS) is 1. The van der Waals surface area contributed by atoms with Gasteiger partial charge >= 0.3 is 5.97 Å². The average molecular weight is 273 g/mol. The fourth-order valence-corrected chi connectivity index (χ4v) is 2.00. The van der Waals surface area contributed by atoms with Crippen LogP contribution in [0.1, 0.15) is 11.1 Å². The largest absolute Gasteiger partial charge is 0.480 e. The Hall–Kier alpha value is -2.36. The number of halogens is 1. The molecule has 0 aliphatic heterocycles. The zero-order chi connectivity index (χ0) is 14.5. The van der Waals surface area contributed by atoms with Crippen molar-refractivity contribution in [1.82, 2.24) is 0 Å². The number of rotatable bonds is 5. The van der Waals surface area contributed by atoms with E-state index >= 15 is 0 Å². The minimum atomic E-state index is -0.915. The Morgan fingerprint density at radius 2 is 1.90 bits per heavy atom. The van der Waals surface area contributed by atoms with Crippen LogP contribution in [0.25, 0.3) is 0 Å². The number of para-hydroxylation sites is 1. The van der Waals surface area contributed by atoms with Crippen molar-refractivity contribution in [3.05, 3.63) is 65.5 Å². The van der Waals surface area contributed by atoms with Gasteiger partial charge in [-0.05, 0) is 36.2 Å². The van der Waals surface area contributed by atoms with E-state index in [4.69, 9.17) is 5.11 Å². The molecular formula is C16H16FNO2. The van der Waals surface area contributed by atoms with Crippen molar-refractivity contribution in [2.24, 2.45) is 0 Å². The fourth-order valence-electron chi connectivity index (χ4n) is 2.00. The lowest BCUT2D eigenvalue weighted by atomic mass is 10.1. The van der Waals surface area contributed by atoms with Crippen LogP contribution in [-0.2, 0) is 11.3 Å². The van der Waals surface area contributed by atoms with Crippen LogP contribution in [0.4, 0.5) is 10.1 Å². The molecule has 4 heteroatoms. The minimum absolute atomic E-state index is 0.125. The smallest absolute Gasteiger partial charge is 0.323 e. The van der Waals surface area contributed by atoms with Crippen LogP contribution >= 0.6 is 0 Å². The van der Waals surface area contributed by atoms with Gasteiger partial charge in [0.1, 0.15) is 12.4 Å². The first kappa shape index (κ1) is 14.1. The number of aliphatic carboxylic acids is 1. The molecule has 0 amide bonds. The lowest BCUT2D eigenvalue weighted by Crippen LogP contribution is -2.29. The summed E-state index contributed by atoms with van der Waals surface area (Å²) in [6.07, 6.45) is 0. The van der Waals surface area contributed by atoms with Crippen LogP contribution in [0.15, 0.2) is 48.5 Å². The van der Waals surface area contributed by atoms with Gasteiger partial charge in [0.25, 0.3) is 0 Å². The highest BCUT2D eigenvalue weighted by Gasteiger charge is 2.12. The minimum Gasteiger partial charge on any atom is -0.480 e. The standard InChI is InChI=1S/C16H16FNO2/c1-12-7-8-13(9-15(12)17)10-18(11-16(19)20)14-5-3-2-4-6-14/h2-9H,10-11H2,1H3,(H,19,20). The molecule has 0 aliphatic rings. The predicted molar refractivity (Wildman–Crippen MR) is 76.3 cm³/mol. The molecule has 1 N–H and O–H groups in total. The third-order valence-corrected chi connectivity index (χ3v) is 3.06. The summed E-state index contributed by atoms with van der Waals surface area (Å²) in [5.74, 6) is -1.19. The third-order valence-electron chi connectivity index (χ3n) is 3.06. The van der Waals surface area contributed by atoms with Gasteiger partial charge in [0, 0.05) is 12.2 Å². The van der Waals surface area contributed by atoms with E-state index in [1.54, 1.807) is 17.9 Å². The van der Waals surface area contributed by atoms with Gasteiger partial charge in [0.05, 0.1) is 0 Å². The van der Waals surface area contributed by atoms with Crippen LogP contribution in [0, 0.1) is 12.7 Å². The van der Waals surface area contributed by atoms with E-state index in [9.17, 15) is 9.18 Å². The Morgan fingerprint density at radius 3 is 2.50 bits per heavy atom. The Morgan fingerprint density at radius 1 is 1.20 bits per heavy atom. The fraction of sp³-hybridized carbons (Fsp3) is 0.188. The maximum atomic E-state index is 13.6. The van der Waals surface area contributed by atoms with E-state index in [-0.39, 0.29) is 12.4 Å². The SMILES string of the molecule is Cc1ccc(CN(CC(=O)O)c2ccccc2)cc1F. The molecule has 20 heavy (non-hydrogen) atoms. The molecule has 0 bridgehead atoms. The number of carbonyl (C=O) groups is 1. The molecule has 0 unspecified atom stereocenters. The number of anilines is 1. The number of hydrogen-bond donors (Lipinski definition) is 1. The van der Waals surface area contributed by atoms with Gasteiger partial charge in [0.15, 0.2) is 0 Å². The molecule has 0 fully saturated rings. The molecule has 0 radical (unpaired) electrons. The molecule has 0 saturated carbocycles. The van der Waals surface area contributed by atoms with Gasteiger partial charge in [0.2, 0.25) is 0 Å². The highest BCUT2D eigenvalue weighted by atomic mass is 19.1. The summed E-state index contributed by atoms with van der Waals surface area (Å²) in [4.78, 5) is 12.7. The molecule has 2 rings (SSSR count). The molecule has 0 atom stereocenters. The lowest BCUT2D eigenvalue weighted by Gasteiger charge is -2.23. The summed E-state index contributed by atoms with van der Waals surface area (Å²) in [6.45, 7) is 1.93. The maximum absolute atomic E-state index is 13.6. The molecule has 0 spiro atoms. The van der Waals surface area contributed by atoms with Crippen LogP contribution < -0.4 is 4.90 Å². The Kier molecular flexibility index (Phi) is 4.35. The predicted octanol–water partition coefficient (Wildman–Crippen LogP) is 3.23. The van der Waals surface area contributed by atoms with Gasteiger partial charge in [-0.2, -0.15) is 0 Å². The number of hydrogen-bond acceptors (Lipinski definition) is 2. The lowest BCUT2D eigenvalue weighted by molar-refractivity contribution is -0.135. The first-order valence-corrected chi connectivity index (χ1v) is 6.33. The summed E-state index contributed by atoms with van der Waals surface area (Å²) in [6, 6.07) is 14.2. The van der Waals surface area contributed by atoms with E-state index in [0.717, 1.165) is 11.3 Å². The first-order valence-electron chi connectivity index (χ1n) is 6.33. The highest BCUT2D eigenvalue weighted by Crippen LogP contribution is 2.18. The molecule has 0 heterocycles. The zero-order valence-corrected chi connectivity index (χ0v) is 11.2. The van der Waals surface area contributed by atoms with Crippen LogP contribution in [-0.4, -0.2) is 17.6 Å². The molecule has 2 aromatic carbocycles. The van der Waals surface area contributed by atoms with Gasteiger partial charge < -0.3 is 10.0 Å². The van der Waals surface area contributed by atoms with E-state index in [1.807, 2.05) is 36.4 Å². The number of aryl methyl sites for hydroxylation is 1. The van der Waals surface area contributed by atoms with Crippen molar-refractivity contribution in [2.45, 2.75) is 13.5 Å². The molecule has 0 aliphatic carbocycles. The van der Waals surface area contributed by atoms with Crippen LogP contribution in [0.3, 0.4) is 0 Å². The van der Waals surface area contributed by atoms with Gasteiger partial charge in [-0.1, -0.05) is 30.3 Å². The summed E-state index contributed by atoms with van der Waals surface area (Å²) in [5, 5.41) is 9.01. The summed E-state index contributed by atoms with van der Waals surface area (Å²) in [7, 11) is 0. The molecule has 3 nitrogen and oxygen atoms in total. The van der Waals surface area contributed by atoms with Crippen LogP contribution in [0.2, 0.25) is 0 Å². The molecule has 2 aromatic rings. The Labute approximate surface area is 117 Å². The van der Waals surface area contributed by atoms with Crippen molar-refractivity contribution in [2.75, 3.05) is 11.4 Å². The molecule has 0 aromatic heterocycles. The van der Waals surface area contributed by atoms with Crippen molar-refractivity contribution >= 4 is 11.7 Å². The second kappa shape index (κ2) is 6.19. The monoisotopic (exact) mass is 273 g/mol. The number of carboxylic acids is 1. The van der Waals surface area contributed by atoms with Gasteiger partial charge in [-0.3, -0.25) is 4.79 Å². The normalized spacial score (nSPS) is 10.3. The maximum Gasteiger partial charge on any atom is 0.323 e. The van der Waals surface area contributed by atoms with Crippen LogP contribution in [0.5, 0.6) is 0 Å². The summed E-state index contributed by atoms with van der Waals surface area (Å²) in [5.41, 5.74) is 2.13. The van der Waals surface area contributed by atoms with E-state index in [2.05, 4.69) is 0 Å². The van der Waals surface area contributed by atoms with Crippen molar-refractivity contribution in [3.8, 4) is 0 Å². The van der Waals surface area contributed by atoms with Crippen molar-refractivity contribution < 1.29 is 14.3 Å². The Bertz CT molecular complexity index is 599. The average Bonchev–Trinajstić information content (AvgIpc) is 2.43. The van der Waals surface area contributed by atoms with Crippen molar-refractivity contribution in [1.29, 1.82) is 0 Å². The van der Waals surface area contributed by atoms with Gasteiger partial charge in [-0.15, -0.1) is 0 Å². The summed E-state index contributed by atoms with van der Waals surface area (Å²) >= 11 is 0. The van der Waals surface area contributed by atoms with Gasteiger partial charge in [-0.25, -0.2) is 4.39 Å².